The van der Waals surface area contributed by atoms with Gasteiger partial charge in [0.15, 0.2) is 0 Å². The van der Waals surface area contributed by atoms with Gasteiger partial charge in [0.05, 0.1) is 10.0 Å². The maximum Gasteiger partial charge on any atom is 0.251 e. The average Bonchev–Trinajstić information content (AvgIpc) is 2.20. The number of pyridine rings is 1. The summed E-state index contributed by atoms with van der Waals surface area (Å²) in [7, 11) is 0. The van der Waals surface area contributed by atoms with E-state index in [0.29, 0.717) is 22.5 Å². The first-order valence-corrected chi connectivity index (χ1v) is 5.07. The molecule has 1 aromatic rings. The third-order valence-electron chi connectivity index (χ3n) is 1.51. The molecule has 0 aliphatic rings. The summed E-state index contributed by atoms with van der Waals surface area (Å²) in [6, 6.07) is 1.48. The fraction of sp³-hybridized carbons (Fsp3) is 0.333. The van der Waals surface area contributed by atoms with Crippen molar-refractivity contribution in [2.45, 2.75) is 6.92 Å². The molecule has 15 heavy (non-hydrogen) atoms. The van der Waals surface area contributed by atoms with Crippen molar-refractivity contribution in [3.05, 3.63) is 22.3 Å². The summed E-state index contributed by atoms with van der Waals surface area (Å²) in [6.07, 6.45) is 1.38. The Labute approximate surface area is 97.5 Å². The number of hydrogen-bond acceptors (Lipinski definition) is 3. The predicted molar refractivity (Wildman–Crippen MR) is 59.4 cm³/mol. The summed E-state index contributed by atoms with van der Waals surface area (Å²) < 4.78 is 4.92. The molecule has 0 unspecified atom stereocenters. The Bertz CT molecular complexity index is 358. The van der Waals surface area contributed by atoms with E-state index in [-0.39, 0.29) is 12.5 Å². The Morgan fingerprint density at radius 3 is 2.87 bits per heavy atom. The van der Waals surface area contributed by atoms with Crippen LogP contribution in [0.5, 0.6) is 0 Å². The minimum Gasteiger partial charge on any atom is -0.372 e. The molecule has 6 heteroatoms. The van der Waals surface area contributed by atoms with E-state index >= 15 is 0 Å². The van der Waals surface area contributed by atoms with Crippen LogP contribution < -0.4 is 5.32 Å². The first-order valence-electron chi connectivity index (χ1n) is 4.32. The number of halogens is 2. The fourth-order valence-electron chi connectivity index (χ4n) is 0.856. The lowest BCUT2D eigenvalue weighted by molar-refractivity contribution is -0.120. The lowest BCUT2D eigenvalue weighted by Crippen LogP contribution is -2.18. The van der Waals surface area contributed by atoms with Gasteiger partial charge in [-0.25, -0.2) is 4.98 Å². The monoisotopic (exact) mass is 248 g/mol. The van der Waals surface area contributed by atoms with Crippen LogP contribution in [-0.2, 0) is 9.53 Å². The number of amides is 1. The lowest BCUT2D eigenvalue weighted by atomic mass is 10.4. The van der Waals surface area contributed by atoms with E-state index in [0.717, 1.165) is 0 Å². The molecule has 1 rings (SSSR count). The Balaban J connectivity index is 2.57. The van der Waals surface area contributed by atoms with Crippen molar-refractivity contribution in [3.8, 4) is 0 Å². The average molecular weight is 249 g/mol. The Kier molecular flexibility index (Phi) is 4.81. The molecule has 1 N–H and O–H groups in total. The molecule has 0 radical (unpaired) electrons. The van der Waals surface area contributed by atoms with Gasteiger partial charge in [-0.3, -0.25) is 4.79 Å². The van der Waals surface area contributed by atoms with Crippen LogP contribution in [0.3, 0.4) is 0 Å². The molecule has 0 aliphatic carbocycles. The number of aromatic nitrogens is 1. The van der Waals surface area contributed by atoms with Crippen molar-refractivity contribution in [1.29, 1.82) is 0 Å². The zero-order valence-corrected chi connectivity index (χ0v) is 9.60. The van der Waals surface area contributed by atoms with Crippen LogP contribution in [0.25, 0.3) is 0 Å². The molecular weight excluding hydrogens is 239 g/mol. The summed E-state index contributed by atoms with van der Waals surface area (Å²) in [5.74, 6) is 0.0804. The van der Waals surface area contributed by atoms with Crippen LogP contribution in [-0.4, -0.2) is 24.1 Å². The van der Waals surface area contributed by atoms with Crippen LogP contribution in [0.1, 0.15) is 6.92 Å². The summed E-state index contributed by atoms with van der Waals surface area (Å²) >= 11 is 11.4. The molecule has 0 bridgehead atoms. The Hall–Kier alpha value is -0.840. The predicted octanol–water partition coefficient (Wildman–Crippen LogP) is 2.36. The summed E-state index contributed by atoms with van der Waals surface area (Å²) in [5.41, 5.74) is 0. The number of carbonyl (C=O) groups is 1. The quantitative estimate of drug-likeness (QED) is 0.891. The van der Waals surface area contributed by atoms with Crippen molar-refractivity contribution >= 4 is 34.9 Å². The zero-order valence-electron chi connectivity index (χ0n) is 8.09. The number of anilines is 1. The number of nitrogens with zero attached hydrogens (tertiary/aromatic N) is 1. The van der Waals surface area contributed by atoms with Crippen LogP contribution >= 0.6 is 23.2 Å². The van der Waals surface area contributed by atoms with Crippen molar-refractivity contribution in [2.75, 3.05) is 18.5 Å². The highest BCUT2D eigenvalue weighted by Crippen LogP contribution is 2.22. The van der Waals surface area contributed by atoms with Gasteiger partial charge < -0.3 is 10.1 Å². The number of hydrogen-bond donors (Lipinski definition) is 1. The topological polar surface area (TPSA) is 51.2 Å². The smallest absolute Gasteiger partial charge is 0.251 e. The molecule has 0 atom stereocenters. The molecule has 82 valence electrons. The van der Waals surface area contributed by atoms with Gasteiger partial charge in [-0.2, -0.15) is 0 Å². The van der Waals surface area contributed by atoms with Gasteiger partial charge in [0, 0.05) is 18.9 Å². The molecular formula is C9H10Cl2N2O2. The standard InChI is InChI=1S/C9H10Cl2N2O2/c1-2-15-5-9(14)13-8-3-6(10)7(11)4-12-8/h3-4H,2,5H2,1H3,(H,12,13,14). The molecule has 1 aromatic heterocycles. The first kappa shape index (κ1) is 12.2. The van der Waals surface area contributed by atoms with Gasteiger partial charge in [-0.15, -0.1) is 0 Å². The van der Waals surface area contributed by atoms with Crippen molar-refractivity contribution in [1.82, 2.24) is 4.98 Å². The molecule has 0 aliphatic heterocycles. The molecule has 4 nitrogen and oxygen atoms in total. The van der Waals surface area contributed by atoms with Crippen molar-refractivity contribution < 1.29 is 9.53 Å². The summed E-state index contributed by atoms with van der Waals surface area (Å²) in [6.45, 7) is 2.30. The lowest BCUT2D eigenvalue weighted by Gasteiger charge is -2.04. The van der Waals surface area contributed by atoms with Gasteiger partial charge >= 0.3 is 0 Å². The second kappa shape index (κ2) is 5.90. The fourth-order valence-corrected chi connectivity index (χ4v) is 1.11. The highest BCUT2D eigenvalue weighted by atomic mass is 35.5. The van der Waals surface area contributed by atoms with E-state index in [4.69, 9.17) is 27.9 Å². The second-order valence-corrected chi connectivity index (χ2v) is 3.48. The van der Waals surface area contributed by atoms with Crippen LogP contribution in [0.4, 0.5) is 5.82 Å². The van der Waals surface area contributed by atoms with Crippen LogP contribution in [0.15, 0.2) is 12.3 Å². The van der Waals surface area contributed by atoms with Gasteiger partial charge in [0.2, 0.25) is 0 Å². The van der Waals surface area contributed by atoms with Gasteiger partial charge in [0.1, 0.15) is 12.4 Å². The second-order valence-electron chi connectivity index (χ2n) is 2.67. The SMILES string of the molecule is CCOCC(=O)Nc1cc(Cl)c(Cl)cn1. The number of carbonyl (C=O) groups excluding carboxylic acids is 1. The molecule has 1 heterocycles. The Morgan fingerprint density at radius 2 is 2.27 bits per heavy atom. The highest BCUT2D eigenvalue weighted by molar-refractivity contribution is 6.42. The number of ether oxygens (including phenoxy) is 1. The van der Waals surface area contributed by atoms with Gasteiger partial charge in [-0.1, -0.05) is 23.2 Å². The molecule has 0 fully saturated rings. The Morgan fingerprint density at radius 1 is 1.53 bits per heavy atom. The van der Waals surface area contributed by atoms with E-state index in [2.05, 4.69) is 10.3 Å². The third kappa shape index (κ3) is 4.03. The van der Waals surface area contributed by atoms with E-state index in [1.165, 1.54) is 12.3 Å². The minimum absolute atomic E-state index is 0.00156. The van der Waals surface area contributed by atoms with Gasteiger partial charge in [0.25, 0.3) is 5.91 Å². The summed E-state index contributed by atoms with van der Waals surface area (Å²) in [5, 5.41) is 3.22. The molecule has 0 aromatic carbocycles. The van der Waals surface area contributed by atoms with E-state index in [1.807, 2.05) is 6.92 Å². The van der Waals surface area contributed by atoms with E-state index in [1.54, 1.807) is 0 Å². The molecule has 1 amide bonds. The largest absolute Gasteiger partial charge is 0.372 e. The maximum atomic E-state index is 11.2. The van der Waals surface area contributed by atoms with E-state index < -0.39 is 0 Å². The zero-order chi connectivity index (χ0) is 11.3. The molecule has 0 spiro atoms. The third-order valence-corrected chi connectivity index (χ3v) is 2.22. The van der Waals surface area contributed by atoms with E-state index in [9.17, 15) is 4.79 Å². The van der Waals surface area contributed by atoms with Crippen molar-refractivity contribution in [3.63, 3.8) is 0 Å². The molecule has 0 saturated carbocycles. The van der Waals surface area contributed by atoms with Crippen LogP contribution in [0.2, 0.25) is 10.0 Å². The summed E-state index contributed by atoms with van der Waals surface area (Å²) in [4.78, 5) is 15.1. The normalized spacial score (nSPS) is 10.1. The van der Waals surface area contributed by atoms with Crippen molar-refractivity contribution in [2.24, 2.45) is 0 Å². The highest BCUT2D eigenvalue weighted by Gasteiger charge is 2.05. The maximum absolute atomic E-state index is 11.2. The minimum atomic E-state index is -0.275. The number of nitrogens with one attached hydrogen (secondary N) is 1. The van der Waals surface area contributed by atoms with Gasteiger partial charge in [-0.05, 0) is 6.92 Å². The number of rotatable bonds is 4. The van der Waals surface area contributed by atoms with Crippen LogP contribution in [0, 0.1) is 0 Å². The molecule has 0 saturated heterocycles. The first-order chi connectivity index (χ1) is 7.13.